The smallest absolute Gasteiger partial charge is 0.282 e. The topological polar surface area (TPSA) is 90.1 Å². The van der Waals surface area contributed by atoms with E-state index in [-0.39, 0.29) is 23.6 Å². The molecule has 0 aliphatic carbocycles. The summed E-state index contributed by atoms with van der Waals surface area (Å²) in [6, 6.07) is 13.4. The number of anilines is 1. The predicted molar refractivity (Wildman–Crippen MR) is 88.8 cm³/mol. The lowest BCUT2D eigenvalue weighted by molar-refractivity contribution is -0.385. The second-order valence-corrected chi connectivity index (χ2v) is 5.19. The number of hydrogen-bond acceptors (Lipinski definition) is 4. The number of aromatic nitrogens is 2. The highest BCUT2D eigenvalue weighted by atomic mass is 19.1. The Hall–Kier alpha value is -3.55. The van der Waals surface area contributed by atoms with Gasteiger partial charge in [0.15, 0.2) is 0 Å². The number of nitro groups is 1. The van der Waals surface area contributed by atoms with Crippen LogP contribution in [-0.4, -0.2) is 20.6 Å². The van der Waals surface area contributed by atoms with Crippen LogP contribution < -0.4 is 5.32 Å². The van der Waals surface area contributed by atoms with Crippen molar-refractivity contribution in [2.75, 3.05) is 5.32 Å². The Morgan fingerprint density at radius 2 is 1.88 bits per heavy atom. The summed E-state index contributed by atoms with van der Waals surface area (Å²) in [6.07, 6.45) is 1.45. The Morgan fingerprint density at radius 1 is 1.16 bits per heavy atom. The molecule has 0 bridgehead atoms. The summed E-state index contributed by atoms with van der Waals surface area (Å²) >= 11 is 0. The van der Waals surface area contributed by atoms with Gasteiger partial charge in [0, 0.05) is 17.7 Å². The molecule has 3 rings (SSSR count). The van der Waals surface area contributed by atoms with E-state index in [2.05, 4.69) is 10.4 Å². The molecule has 8 heteroatoms. The molecule has 0 fully saturated rings. The second-order valence-electron chi connectivity index (χ2n) is 5.19. The number of amides is 1. The zero-order chi connectivity index (χ0) is 17.8. The van der Waals surface area contributed by atoms with E-state index in [1.165, 1.54) is 41.2 Å². The van der Waals surface area contributed by atoms with Gasteiger partial charge >= 0.3 is 0 Å². The van der Waals surface area contributed by atoms with Gasteiger partial charge < -0.3 is 5.32 Å². The van der Waals surface area contributed by atoms with Crippen molar-refractivity contribution in [3.63, 3.8) is 0 Å². The van der Waals surface area contributed by atoms with Gasteiger partial charge in [0.05, 0.1) is 17.7 Å². The number of carbonyl (C=O) groups excluding carboxylic acids is 1. The lowest BCUT2D eigenvalue weighted by Crippen LogP contribution is -2.17. The van der Waals surface area contributed by atoms with E-state index < -0.39 is 10.8 Å². The summed E-state index contributed by atoms with van der Waals surface area (Å²) < 4.78 is 15.2. The molecular formula is C17H13FN4O3. The predicted octanol–water partition coefficient (Wildman–Crippen LogP) is 3.23. The number of nitro benzene ring substituents is 1. The van der Waals surface area contributed by atoms with Gasteiger partial charge in [-0.05, 0) is 12.1 Å². The molecule has 0 spiro atoms. The number of nitrogens with one attached hydrogen (secondary N) is 1. The first-order chi connectivity index (χ1) is 12.1. The Morgan fingerprint density at radius 3 is 2.64 bits per heavy atom. The highest BCUT2D eigenvalue weighted by Crippen LogP contribution is 2.20. The number of nitrogens with zero attached hydrogens (tertiary/aromatic N) is 3. The van der Waals surface area contributed by atoms with E-state index in [1.54, 1.807) is 24.3 Å². The van der Waals surface area contributed by atoms with Crippen molar-refractivity contribution in [3.8, 4) is 0 Å². The standard InChI is InChI=1S/C17H13FN4O3/c18-14-7-3-1-5-12(14)11-21-16(9-10-19-21)20-17(23)13-6-2-4-8-15(13)22(24)25/h1-10H,11H2,(H,20,23). The van der Waals surface area contributed by atoms with Gasteiger partial charge in [-0.2, -0.15) is 5.10 Å². The van der Waals surface area contributed by atoms with Gasteiger partial charge in [0.1, 0.15) is 17.2 Å². The molecule has 3 aromatic rings. The van der Waals surface area contributed by atoms with Gasteiger partial charge in [-0.15, -0.1) is 0 Å². The number of benzene rings is 2. The third kappa shape index (κ3) is 3.52. The molecule has 1 heterocycles. The first kappa shape index (κ1) is 16.3. The molecule has 7 nitrogen and oxygen atoms in total. The van der Waals surface area contributed by atoms with Crippen molar-refractivity contribution in [2.24, 2.45) is 0 Å². The third-order valence-electron chi connectivity index (χ3n) is 3.58. The van der Waals surface area contributed by atoms with Crippen LogP contribution in [0.5, 0.6) is 0 Å². The fourth-order valence-corrected chi connectivity index (χ4v) is 2.36. The molecule has 0 atom stereocenters. The van der Waals surface area contributed by atoms with E-state index in [0.29, 0.717) is 11.4 Å². The summed E-state index contributed by atoms with van der Waals surface area (Å²) in [5, 5.41) is 17.7. The molecule has 1 N–H and O–H groups in total. The van der Waals surface area contributed by atoms with E-state index in [4.69, 9.17) is 0 Å². The monoisotopic (exact) mass is 340 g/mol. The lowest BCUT2D eigenvalue weighted by atomic mass is 10.1. The first-order valence-electron chi connectivity index (χ1n) is 7.36. The van der Waals surface area contributed by atoms with Crippen LogP contribution >= 0.6 is 0 Å². The molecular weight excluding hydrogens is 327 g/mol. The number of carbonyl (C=O) groups is 1. The largest absolute Gasteiger partial charge is 0.307 e. The molecule has 0 aliphatic heterocycles. The Labute approximate surface area is 141 Å². The van der Waals surface area contributed by atoms with Gasteiger partial charge in [-0.25, -0.2) is 9.07 Å². The van der Waals surface area contributed by atoms with Gasteiger partial charge in [-0.1, -0.05) is 30.3 Å². The minimum Gasteiger partial charge on any atom is -0.307 e. The first-order valence-corrected chi connectivity index (χ1v) is 7.36. The molecule has 25 heavy (non-hydrogen) atoms. The molecule has 0 unspecified atom stereocenters. The average molecular weight is 340 g/mol. The zero-order valence-corrected chi connectivity index (χ0v) is 12.9. The van der Waals surface area contributed by atoms with Crippen LogP contribution in [0.1, 0.15) is 15.9 Å². The lowest BCUT2D eigenvalue weighted by Gasteiger charge is -2.10. The van der Waals surface area contributed by atoms with Crippen molar-refractivity contribution >= 4 is 17.4 Å². The molecule has 0 saturated carbocycles. The highest BCUT2D eigenvalue weighted by molar-refractivity contribution is 6.06. The molecule has 1 aromatic heterocycles. The van der Waals surface area contributed by atoms with Crippen LogP contribution in [0.15, 0.2) is 60.8 Å². The Balaban J connectivity index is 1.83. The van der Waals surface area contributed by atoms with Crippen molar-refractivity contribution < 1.29 is 14.1 Å². The normalized spacial score (nSPS) is 10.4. The van der Waals surface area contributed by atoms with Crippen LogP contribution in [0.25, 0.3) is 0 Å². The maximum atomic E-state index is 13.8. The van der Waals surface area contributed by atoms with Crippen LogP contribution in [-0.2, 0) is 6.54 Å². The summed E-state index contributed by atoms with van der Waals surface area (Å²) in [6.45, 7) is 0.117. The van der Waals surface area contributed by atoms with Gasteiger partial charge in [0.25, 0.3) is 11.6 Å². The fraction of sp³-hybridized carbons (Fsp3) is 0.0588. The Kier molecular flexibility index (Phi) is 4.51. The highest BCUT2D eigenvalue weighted by Gasteiger charge is 2.20. The van der Waals surface area contributed by atoms with E-state index in [9.17, 15) is 19.3 Å². The molecule has 0 radical (unpaired) electrons. The molecule has 1 amide bonds. The second kappa shape index (κ2) is 6.91. The summed E-state index contributed by atoms with van der Waals surface area (Å²) in [7, 11) is 0. The van der Waals surface area contributed by atoms with Gasteiger partial charge in [-0.3, -0.25) is 14.9 Å². The molecule has 126 valence electrons. The average Bonchev–Trinajstić information content (AvgIpc) is 3.03. The summed E-state index contributed by atoms with van der Waals surface area (Å²) in [4.78, 5) is 22.8. The van der Waals surface area contributed by atoms with Crippen molar-refractivity contribution in [1.82, 2.24) is 9.78 Å². The van der Waals surface area contributed by atoms with E-state index in [0.717, 1.165) is 0 Å². The Bertz CT molecular complexity index is 939. The van der Waals surface area contributed by atoms with Crippen molar-refractivity contribution in [1.29, 1.82) is 0 Å². The van der Waals surface area contributed by atoms with Crippen molar-refractivity contribution in [3.05, 3.63) is 87.9 Å². The number of halogens is 1. The summed E-state index contributed by atoms with van der Waals surface area (Å²) in [5.74, 6) is -0.706. The SMILES string of the molecule is O=C(Nc1ccnn1Cc1ccccc1F)c1ccccc1[N+](=O)[O-]. The third-order valence-corrected chi connectivity index (χ3v) is 3.58. The minimum absolute atomic E-state index is 0.0638. The van der Waals surface area contributed by atoms with Crippen LogP contribution in [0.4, 0.5) is 15.9 Å². The van der Waals surface area contributed by atoms with Crippen molar-refractivity contribution in [2.45, 2.75) is 6.54 Å². The number of rotatable bonds is 5. The molecule has 2 aromatic carbocycles. The maximum Gasteiger partial charge on any atom is 0.282 e. The van der Waals surface area contributed by atoms with Crippen LogP contribution in [0.3, 0.4) is 0 Å². The van der Waals surface area contributed by atoms with Crippen LogP contribution in [0, 0.1) is 15.9 Å². The molecule has 0 aliphatic rings. The summed E-state index contributed by atoms with van der Waals surface area (Å²) in [5.41, 5.74) is 0.0544. The number of para-hydroxylation sites is 1. The van der Waals surface area contributed by atoms with Crippen LogP contribution in [0.2, 0.25) is 0 Å². The van der Waals surface area contributed by atoms with E-state index >= 15 is 0 Å². The number of hydrogen-bond donors (Lipinski definition) is 1. The minimum atomic E-state index is -0.636. The molecule has 0 saturated heterocycles. The van der Waals surface area contributed by atoms with Gasteiger partial charge in [0.2, 0.25) is 0 Å². The maximum absolute atomic E-state index is 13.8. The zero-order valence-electron chi connectivity index (χ0n) is 12.9. The quantitative estimate of drug-likeness (QED) is 0.570. The van der Waals surface area contributed by atoms with E-state index in [1.807, 2.05) is 0 Å². The fourth-order valence-electron chi connectivity index (χ4n) is 2.36.